The van der Waals surface area contributed by atoms with E-state index >= 15 is 0 Å². The number of hydrogen-bond donors (Lipinski definition) is 2. The van der Waals surface area contributed by atoms with Gasteiger partial charge in [-0.15, -0.1) is 0 Å². The lowest BCUT2D eigenvalue weighted by molar-refractivity contribution is -0.0699. The summed E-state index contributed by atoms with van der Waals surface area (Å²) in [6.07, 6.45) is 0. The Morgan fingerprint density at radius 3 is 2.25 bits per heavy atom. The highest BCUT2D eigenvalue weighted by Crippen LogP contribution is 2.02. The number of primary sulfonamides is 1. The molecule has 0 aromatic rings. The van der Waals surface area contributed by atoms with Gasteiger partial charge in [-0.05, 0) is 20.8 Å². The first-order chi connectivity index (χ1) is 5.21. The predicted octanol–water partition coefficient (Wildman–Crippen LogP) is -0.405. The third-order valence-corrected chi connectivity index (χ3v) is 1.64. The van der Waals surface area contributed by atoms with Crippen LogP contribution in [0.2, 0.25) is 0 Å². The van der Waals surface area contributed by atoms with Gasteiger partial charge in [0.25, 0.3) is 0 Å². The Labute approximate surface area is 73.3 Å². The number of nitrogens with two attached hydrogens (primary N) is 1. The van der Waals surface area contributed by atoms with Crippen LogP contribution < -0.4 is 10.6 Å². The number of hydrogen-bond acceptors (Lipinski definition) is 4. The maximum absolute atomic E-state index is 10.4. The van der Waals surface area contributed by atoms with Gasteiger partial charge in [-0.1, -0.05) is 0 Å². The van der Waals surface area contributed by atoms with Gasteiger partial charge in [0.2, 0.25) is 10.0 Å². The summed E-state index contributed by atoms with van der Waals surface area (Å²) in [7, 11) is -3.38. The van der Waals surface area contributed by atoms with Crippen molar-refractivity contribution >= 4 is 10.0 Å². The summed E-state index contributed by atoms with van der Waals surface area (Å²) in [5, 5.41) is 4.76. The van der Waals surface area contributed by atoms with Crippen LogP contribution in [0, 0.1) is 0 Å². The molecule has 0 aromatic heterocycles. The first kappa shape index (κ1) is 11.8. The number of rotatable bonds is 4. The third kappa shape index (κ3) is 9.83. The van der Waals surface area contributed by atoms with E-state index in [1.165, 1.54) is 0 Å². The fourth-order valence-electron chi connectivity index (χ4n) is 0.451. The molecule has 3 N–H and O–H groups in total. The van der Waals surface area contributed by atoms with E-state index in [0.29, 0.717) is 0 Å². The van der Waals surface area contributed by atoms with Gasteiger partial charge in [0.05, 0.1) is 11.4 Å². The quantitative estimate of drug-likeness (QED) is 0.473. The van der Waals surface area contributed by atoms with Gasteiger partial charge >= 0.3 is 0 Å². The smallest absolute Gasteiger partial charge is 0.210 e. The molecule has 0 radical (unpaired) electrons. The van der Waals surface area contributed by atoms with Gasteiger partial charge in [-0.3, -0.25) is 4.84 Å². The lowest BCUT2D eigenvalue weighted by atomic mass is 10.2. The zero-order valence-electron chi connectivity index (χ0n) is 7.62. The molecule has 0 rings (SSSR count). The SMILES string of the molecule is CC(C)(C)ONCCS(N)(=O)=O. The van der Waals surface area contributed by atoms with Gasteiger partial charge in [-0.25, -0.2) is 19.0 Å². The van der Waals surface area contributed by atoms with E-state index in [4.69, 9.17) is 9.98 Å². The molecule has 0 aliphatic carbocycles. The first-order valence-electron chi connectivity index (χ1n) is 3.62. The van der Waals surface area contributed by atoms with Crippen molar-refractivity contribution in [1.29, 1.82) is 0 Å². The van der Waals surface area contributed by atoms with Crippen LogP contribution >= 0.6 is 0 Å². The molecule has 0 amide bonds. The molecule has 0 aliphatic heterocycles. The maximum Gasteiger partial charge on any atom is 0.210 e. The van der Waals surface area contributed by atoms with Gasteiger partial charge in [-0.2, -0.15) is 0 Å². The molecule has 74 valence electrons. The Hall–Kier alpha value is -0.170. The molecule has 12 heavy (non-hydrogen) atoms. The second-order valence-corrected chi connectivity index (χ2v) is 5.21. The van der Waals surface area contributed by atoms with Crippen LogP contribution in [-0.2, 0) is 14.9 Å². The van der Waals surface area contributed by atoms with Crippen LogP contribution in [0.3, 0.4) is 0 Å². The molecule has 0 saturated carbocycles. The van der Waals surface area contributed by atoms with Crippen molar-refractivity contribution in [3.05, 3.63) is 0 Å². The van der Waals surface area contributed by atoms with E-state index in [-0.39, 0.29) is 17.9 Å². The van der Waals surface area contributed by atoms with E-state index < -0.39 is 10.0 Å². The van der Waals surface area contributed by atoms with E-state index in [0.717, 1.165) is 0 Å². The molecular formula is C6H16N2O3S. The van der Waals surface area contributed by atoms with Crippen LogP contribution in [0.4, 0.5) is 0 Å². The van der Waals surface area contributed by atoms with Crippen LogP contribution in [0.25, 0.3) is 0 Å². The molecule has 0 saturated heterocycles. The van der Waals surface area contributed by atoms with Gasteiger partial charge < -0.3 is 0 Å². The summed E-state index contributed by atoms with van der Waals surface area (Å²) < 4.78 is 20.9. The Bertz CT molecular complexity index is 217. The normalized spacial score (nSPS) is 13.3. The Balaban J connectivity index is 3.48. The summed E-state index contributed by atoms with van der Waals surface area (Å²) in [5.74, 6) is -0.122. The molecule has 0 unspecified atom stereocenters. The van der Waals surface area contributed by atoms with Gasteiger partial charge in [0.15, 0.2) is 0 Å². The van der Waals surface area contributed by atoms with Gasteiger partial charge in [0.1, 0.15) is 0 Å². The second kappa shape index (κ2) is 4.18. The summed E-state index contributed by atoms with van der Waals surface area (Å²) in [6.45, 7) is 5.78. The zero-order valence-corrected chi connectivity index (χ0v) is 8.44. The molecule has 0 heterocycles. The van der Waals surface area contributed by atoms with Crippen LogP contribution in [0.1, 0.15) is 20.8 Å². The van der Waals surface area contributed by atoms with Crippen molar-refractivity contribution in [3.8, 4) is 0 Å². The monoisotopic (exact) mass is 196 g/mol. The lowest BCUT2D eigenvalue weighted by Gasteiger charge is -2.18. The molecular weight excluding hydrogens is 180 g/mol. The average molecular weight is 196 g/mol. The second-order valence-electron chi connectivity index (χ2n) is 3.48. The van der Waals surface area contributed by atoms with E-state index in [2.05, 4.69) is 5.48 Å². The largest absolute Gasteiger partial charge is 0.296 e. The Morgan fingerprint density at radius 1 is 1.42 bits per heavy atom. The zero-order chi connectivity index (χ0) is 9.83. The minimum atomic E-state index is -3.38. The molecule has 0 spiro atoms. The Kier molecular flexibility index (Phi) is 4.12. The predicted molar refractivity (Wildman–Crippen MR) is 46.8 cm³/mol. The average Bonchev–Trinajstić information content (AvgIpc) is 1.76. The lowest BCUT2D eigenvalue weighted by Crippen LogP contribution is -2.33. The fraction of sp³-hybridized carbons (Fsp3) is 1.00. The topological polar surface area (TPSA) is 81.4 Å². The van der Waals surface area contributed by atoms with Gasteiger partial charge in [0, 0.05) is 6.54 Å². The molecule has 0 bridgehead atoms. The van der Waals surface area contributed by atoms with Crippen molar-refractivity contribution in [2.75, 3.05) is 12.3 Å². The Morgan fingerprint density at radius 2 is 1.92 bits per heavy atom. The van der Waals surface area contributed by atoms with Crippen LogP contribution in [-0.4, -0.2) is 26.3 Å². The highest BCUT2D eigenvalue weighted by Gasteiger charge is 2.10. The summed E-state index contributed by atoms with van der Waals surface area (Å²) in [6, 6.07) is 0. The molecule has 5 nitrogen and oxygen atoms in total. The van der Waals surface area contributed by atoms with Crippen molar-refractivity contribution in [1.82, 2.24) is 5.48 Å². The van der Waals surface area contributed by atoms with Crippen molar-refractivity contribution in [2.45, 2.75) is 26.4 Å². The minimum Gasteiger partial charge on any atom is -0.296 e. The molecule has 0 aliphatic rings. The van der Waals surface area contributed by atoms with Crippen LogP contribution in [0.5, 0.6) is 0 Å². The van der Waals surface area contributed by atoms with E-state index in [1.54, 1.807) is 0 Å². The molecule has 0 fully saturated rings. The number of hydroxylamine groups is 1. The third-order valence-electron chi connectivity index (χ3n) is 0.867. The van der Waals surface area contributed by atoms with E-state index in [1.807, 2.05) is 20.8 Å². The van der Waals surface area contributed by atoms with Crippen molar-refractivity contribution in [2.24, 2.45) is 5.14 Å². The summed E-state index contributed by atoms with van der Waals surface area (Å²) in [5.41, 5.74) is 2.20. The van der Waals surface area contributed by atoms with Crippen LogP contribution in [0.15, 0.2) is 0 Å². The summed E-state index contributed by atoms with van der Waals surface area (Å²) >= 11 is 0. The van der Waals surface area contributed by atoms with E-state index in [9.17, 15) is 8.42 Å². The van der Waals surface area contributed by atoms with Crippen molar-refractivity contribution in [3.63, 3.8) is 0 Å². The summed E-state index contributed by atoms with van der Waals surface area (Å²) in [4.78, 5) is 5.05. The molecule has 0 aromatic carbocycles. The fourth-order valence-corrected chi connectivity index (χ4v) is 0.819. The van der Waals surface area contributed by atoms with Crippen molar-refractivity contribution < 1.29 is 13.3 Å². The number of nitrogens with one attached hydrogen (secondary N) is 1. The molecule has 6 heteroatoms. The highest BCUT2D eigenvalue weighted by molar-refractivity contribution is 7.89. The first-order valence-corrected chi connectivity index (χ1v) is 5.33. The minimum absolute atomic E-state index is 0.122. The standard InChI is InChI=1S/C6H16N2O3S/c1-6(2,3)11-8-4-5-12(7,9)10/h8H,4-5H2,1-3H3,(H2,7,9,10). The number of sulfonamides is 1. The highest BCUT2D eigenvalue weighted by atomic mass is 32.2. The maximum atomic E-state index is 10.4. The molecule has 0 atom stereocenters.